The minimum Gasteiger partial charge on any atom is -0.492 e. The molecule has 0 aliphatic carbocycles. The molecular formula is C26H20ClN5O2. The number of aromatic nitrogens is 2. The van der Waals surface area contributed by atoms with Crippen molar-refractivity contribution in [1.29, 1.82) is 0 Å². The largest absolute Gasteiger partial charge is 0.492 e. The number of carbonyl (C=O) groups is 1. The Bertz CT molecular complexity index is 1540. The average molecular weight is 470 g/mol. The SMILES string of the molecule is CCOc1cccc2c1=NC(=O)C(/C=N/Nc1nc(-c3ccccc3)c3ccc(Cl)cc3n1)C=2. The highest BCUT2D eigenvalue weighted by atomic mass is 35.5. The van der Waals surface area contributed by atoms with Crippen LogP contribution >= 0.6 is 11.6 Å². The molecule has 0 radical (unpaired) electrons. The van der Waals surface area contributed by atoms with Crippen LogP contribution in [-0.4, -0.2) is 28.7 Å². The first-order valence-electron chi connectivity index (χ1n) is 10.8. The number of nitrogens with one attached hydrogen (secondary N) is 1. The van der Waals surface area contributed by atoms with Crippen LogP contribution in [0.3, 0.4) is 0 Å². The normalized spacial score (nSPS) is 15.0. The maximum Gasteiger partial charge on any atom is 0.258 e. The van der Waals surface area contributed by atoms with Crippen LogP contribution in [0.1, 0.15) is 6.92 Å². The summed E-state index contributed by atoms with van der Waals surface area (Å²) in [5.41, 5.74) is 5.24. The second kappa shape index (κ2) is 9.41. The van der Waals surface area contributed by atoms with E-state index in [-0.39, 0.29) is 5.91 Å². The second-order valence-electron chi connectivity index (χ2n) is 7.58. The van der Waals surface area contributed by atoms with Gasteiger partial charge in [-0.25, -0.2) is 20.4 Å². The van der Waals surface area contributed by atoms with E-state index in [2.05, 4.69) is 25.5 Å². The fourth-order valence-corrected chi connectivity index (χ4v) is 3.93. The van der Waals surface area contributed by atoms with E-state index >= 15 is 0 Å². The van der Waals surface area contributed by atoms with Gasteiger partial charge in [-0.3, -0.25) is 4.79 Å². The highest BCUT2D eigenvalue weighted by molar-refractivity contribution is 6.31. The Morgan fingerprint density at radius 3 is 2.76 bits per heavy atom. The van der Waals surface area contributed by atoms with Crippen molar-refractivity contribution >= 4 is 46.7 Å². The van der Waals surface area contributed by atoms with E-state index in [0.29, 0.717) is 34.2 Å². The zero-order valence-electron chi connectivity index (χ0n) is 18.3. The first kappa shape index (κ1) is 21.7. The number of rotatable bonds is 6. The van der Waals surface area contributed by atoms with Gasteiger partial charge >= 0.3 is 0 Å². The molecule has 34 heavy (non-hydrogen) atoms. The van der Waals surface area contributed by atoms with Crippen molar-refractivity contribution in [3.8, 4) is 17.0 Å². The zero-order valence-corrected chi connectivity index (χ0v) is 19.0. The molecule has 5 rings (SSSR count). The number of anilines is 1. The first-order valence-corrected chi connectivity index (χ1v) is 11.2. The third-order valence-corrected chi connectivity index (χ3v) is 5.54. The highest BCUT2D eigenvalue weighted by Crippen LogP contribution is 2.29. The molecule has 0 bridgehead atoms. The van der Waals surface area contributed by atoms with Crippen molar-refractivity contribution in [2.45, 2.75) is 6.92 Å². The van der Waals surface area contributed by atoms with Crippen LogP contribution in [0.4, 0.5) is 5.95 Å². The molecular weight excluding hydrogens is 450 g/mol. The number of amides is 1. The summed E-state index contributed by atoms with van der Waals surface area (Å²) < 4.78 is 5.58. The van der Waals surface area contributed by atoms with Crippen molar-refractivity contribution in [3.63, 3.8) is 0 Å². The molecule has 1 atom stereocenters. The first-order chi connectivity index (χ1) is 16.6. The Balaban J connectivity index is 1.46. The molecule has 1 amide bonds. The number of halogens is 1. The summed E-state index contributed by atoms with van der Waals surface area (Å²) in [6.07, 6.45) is 3.31. The smallest absolute Gasteiger partial charge is 0.258 e. The maximum atomic E-state index is 12.6. The second-order valence-corrected chi connectivity index (χ2v) is 8.02. The van der Waals surface area contributed by atoms with Gasteiger partial charge in [0.15, 0.2) is 0 Å². The van der Waals surface area contributed by atoms with E-state index in [9.17, 15) is 4.79 Å². The van der Waals surface area contributed by atoms with Crippen LogP contribution < -0.4 is 20.7 Å². The van der Waals surface area contributed by atoms with E-state index in [1.165, 1.54) is 6.21 Å². The lowest BCUT2D eigenvalue weighted by Gasteiger charge is -2.11. The topological polar surface area (TPSA) is 88.8 Å². The third kappa shape index (κ3) is 4.38. The molecule has 1 unspecified atom stereocenters. The van der Waals surface area contributed by atoms with Crippen molar-refractivity contribution < 1.29 is 9.53 Å². The monoisotopic (exact) mass is 469 g/mol. The summed E-state index contributed by atoms with van der Waals surface area (Å²) in [5, 5.41) is 7.06. The van der Waals surface area contributed by atoms with Crippen LogP contribution in [0, 0.1) is 5.92 Å². The van der Waals surface area contributed by atoms with Crippen molar-refractivity contribution in [2.75, 3.05) is 12.0 Å². The molecule has 1 aliphatic rings. The Labute approximate surface area is 200 Å². The van der Waals surface area contributed by atoms with Crippen molar-refractivity contribution in [1.82, 2.24) is 9.97 Å². The van der Waals surface area contributed by atoms with Gasteiger partial charge in [-0.15, -0.1) is 0 Å². The molecule has 4 aromatic rings. The predicted molar refractivity (Wildman–Crippen MR) is 133 cm³/mol. The highest BCUT2D eigenvalue weighted by Gasteiger charge is 2.18. The number of hydrogen-bond donors (Lipinski definition) is 1. The number of benzene rings is 3. The number of hydrazone groups is 1. The number of para-hydroxylation sites is 1. The number of fused-ring (bicyclic) bond motifs is 2. The number of nitrogens with zero attached hydrogens (tertiary/aromatic N) is 4. The van der Waals surface area contributed by atoms with E-state index < -0.39 is 5.92 Å². The lowest BCUT2D eigenvalue weighted by molar-refractivity contribution is -0.118. The molecule has 1 aromatic heterocycles. The van der Waals surface area contributed by atoms with Gasteiger partial charge in [0.25, 0.3) is 5.91 Å². The number of ether oxygens (including phenoxy) is 1. The molecule has 3 aromatic carbocycles. The fraction of sp³-hybridized carbons (Fsp3) is 0.115. The summed E-state index contributed by atoms with van der Waals surface area (Å²) in [6.45, 7) is 2.39. The lowest BCUT2D eigenvalue weighted by Crippen LogP contribution is -2.35. The molecule has 0 spiro atoms. The zero-order chi connectivity index (χ0) is 23.5. The van der Waals surface area contributed by atoms with E-state index in [1.54, 1.807) is 12.1 Å². The Morgan fingerprint density at radius 1 is 1.09 bits per heavy atom. The van der Waals surface area contributed by atoms with E-state index in [1.807, 2.05) is 67.6 Å². The van der Waals surface area contributed by atoms with Crippen LogP contribution in [0.2, 0.25) is 5.02 Å². The van der Waals surface area contributed by atoms with Crippen LogP contribution in [-0.2, 0) is 4.79 Å². The van der Waals surface area contributed by atoms with Gasteiger partial charge in [0.1, 0.15) is 11.1 Å². The van der Waals surface area contributed by atoms with Gasteiger partial charge in [0.2, 0.25) is 5.95 Å². The molecule has 0 fully saturated rings. The molecule has 0 saturated heterocycles. The van der Waals surface area contributed by atoms with Crippen molar-refractivity contribution in [2.24, 2.45) is 16.0 Å². The van der Waals surface area contributed by atoms with Gasteiger partial charge in [-0.1, -0.05) is 60.1 Å². The van der Waals surface area contributed by atoms with Gasteiger partial charge in [0, 0.05) is 27.4 Å². The molecule has 0 saturated carbocycles. The predicted octanol–water partition coefficient (Wildman–Crippen LogP) is 4.00. The molecule has 7 nitrogen and oxygen atoms in total. The van der Waals surface area contributed by atoms with Crippen LogP contribution in [0.5, 0.6) is 5.75 Å². The van der Waals surface area contributed by atoms with E-state index in [0.717, 1.165) is 21.9 Å². The fourth-order valence-electron chi connectivity index (χ4n) is 3.77. The summed E-state index contributed by atoms with van der Waals surface area (Å²) in [5.74, 6) is -0.0411. The Kier molecular flexibility index (Phi) is 6.01. The summed E-state index contributed by atoms with van der Waals surface area (Å²) in [7, 11) is 0. The molecule has 2 heterocycles. The maximum absolute atomic E-state index is 12.6. The van der Waals surface area contributed by atoms with Crippen LogP contribution in [0.25, 0.3) is 28.2 Å². The lowest BCUT2D eigenvalue weighted by atomic mass is 10.1. The number of carbonyl (C=O) groups excluding carboxylic acids is 1. The summed E-state index contributed by atoms with van der Waals surface area (Å²) >= 11 is 6.19. The van der Waals surface area contributed by atoms with Gasteiger partial charge in [-0.2, -0.15) is 5.10 Å². The van der Waals surface area contributed by atoms with Crippen molar-refractivity contribution in [3.05, 3.63) is 82.3 Å². The molecule has 1 aliphatic heterocycles. The number of hydrogen-bond acceptors (Lipinski definition) is 6. The molecule has 8 heteroatoms. The minimum atomic E-state index is -0.611. The standard InChI is InChI=1S/C26H20ClN5O2/c1-2-34-22-10-6-9-17-13-18(25(33)30-24(17)22)15-28-32-26-29-21-14-19(27)11-12-20(21)23(31-26)16-7-4-3-5-8-16/h3-15,18H,2H2,1H3,(H,29,31,32)/b28-15+. The average Bonchev–Trinajstić information content (AvgIpc) is 2.85. The Hall–Kier alpha value is -4.10. The van der Waals surface area contributed by atoms with Crippen LogP contribution in [0.15, 0.2) is 76.8 Å². The summed E-state index contributed by atoms with van der Waals surface area (Å²) in [6, 6.07) is 20.9. The minimum absolute atomic E-state index is 0.295. The summed E-state index contributed by atoms with van der Waals surface area (Å²) in [4.78, 5) is 26.0. The van der Waals surface area contributed by atoms with Gasteiger partial charge < -0.3 is 4.74 Å². The van der Waals surface area contributed by atoms with Gasteiger partial charge in [-0.05, 0) is 31.2 Å². The van der Waals surface area contributed by atoms with E-state index in [4.69, 9.17) is 16.3 Å². The molecule has 1 N–H and O–H groups in total. The third-order valence-electron chi connectivity index (χ3n) is 5.30. The Morgan fingerprint density at radius 2 is 1.94 bits per heavy atom. The quantitative estimate of drug-likeness (QED) is 0.340. The van der Waals surface area contributed by atoms with Gasteiger partial charge in [0.05, 0.1) is 23.7 Å². The molecule has 168 valence electrons.